The van der Waals surface area contributed by atoms with E-state index in [1.54, 1.807) is 6.07 Å². The second-order valence-electron chi connectivity index (χ2n) is 4.73. The molecule has 0 aromatic heterocycles. The van der Waals surface area contributed by atoms with Gasteiger partial charge in [-0.1, -0.05) is 18.2 Å². The molecule has 0 aliphatic carbocycles. The van der Waals surface area contributed by atoms with E-state index in [0.717, 1.165) is 18.2 Å². The second kappa shape index (κ2) is 8.09. The molecule has 130 valence electrons. The number of carbonyl (C=O) groups is 2. The molecule has 0 radical (unpaired) electrons. The number of rotatable bonds is 5. The Balaban J connectivity index is 1.89. The SMILES string of the molecule is O=C(COC(=O)/C=C/c1ccccc1F)Nc1ccc(F)c(F)c1F. The van der Waals surface area contributed by atoms with Crippen molar-refractivity contribution < 1.29 is 31.9 Å². The Morgan fingerprint density at radius 1 is 0.960 bits per heavy atom. The Hall–Kier alpha value is -3.16. The van der Waals surface area contributed by atoms with E-state index in [9.17, 15) is 27.2 Å². The van der Waals surface area contributed by atoms with Gasteiger partial charge in [0.1, 0.15) is 5.82 Å². The minimum Gasteiger partial charge on any atom is -0.452 e. The van der Waals surface area contributed by atoms with Crippen LogP contribution in [0.4, 0.5) is 23.2 Å². The van der Waals surface area contributed by atoms with Crippen LogP contribution in [0.25, 0.3) is 6.08 Å². The lowest BCUT2D eigenvalue weighted by atomic mass is 10.2. The van der Waals surface area contributed by atoms with Crippen LogP contribution in [0, 0.1) is 23.3 Å². The van der Waals surface area contributed by atoms with Gasteiger partial charge in [-0.3, -0.25) is 4.79 Å². The topological polar surface area (TPSA) is 55.4 Å². The third-order valence-electron chi connectivity index (χ3n) is 2.96. The Labute approximate surface area is 139 Å². The molecule has 0 spiro atoms. The summed E-state index contributed by atoms with van der Waals surface area (Å²) < 4.78 is 57.1. The summed E-state index contributed by atoms with van der Waals surface area (Å²) in [5.41, 5.74) is -0.449. The van der Waals surface area contributed by atoms with Gasteiger partial charge in [0.05, 0.1) is 5.69 Å². The van der Waals surface area contributed by atoms with Gasteiger partial charge in [0.25, 0.3) is 5.91 Å². The second-order valence-corrected chi connectivity index (χ2v) is 4.73. The molecule has 0 saturated carbocycles. The monoisotopic (exact) mass is 353 g/mol. The molecule has 0 aliphatic heterocycles. The van der Waals surface area contributed by atoms with Crippen LogP contribution in [0.1, 0.15) is 5.56 Å². The normalized spacial score (nSPS) is 10.7. The number of hydrogen-bond acceptors (Lipinski definition) is 3. The van der Waals surface area contributed by atoms with Crippen LogP contribution in [-0.2, 0) is 14.3 Å². The molecule has 8 heteroatoms. The highest BCUT2D eigenvalue weighted by atomic mass is 19.2. The number of nitrogens with one attached hydrogen (secondary N) is 1. The Morgan fingerprint density at radius 3 is 2.40 bits per heavy atom. The fourth-order valence-electron chi connectivity index (χ4n) is 1.76. The van der Waals surface area contributed by atoms with E-state index in [0.29, 0.717) is 6.07 Å². The molecule has 0 saturated heterocycles. The molecule has 2 aromatic rings. The van der Waals surface area contributed by atoms with Crippen molar-refractivity contribution >= 4 is 23.6 Å². The van der Waals surface area contributed by atoms with Crippen molar-refractivity contribution in [3.8, 4) is 0 Å². The zero-order valence-corrected chi connectivity index (χ0v) is 12.6. The van der Waals surface area contributed by atoms with Crippen molar-refractivity contribution in [3.63, 3.8) is 0 Å². The smallest absolute Gasteiger partial charge is 0.331 e. The summed E-state index contributed by atoms with van der Waals surface area (Å²) >= 11 is 0. The predicted molar refractivity (Wildman–Crippen MR) is 81.3 cm³/mol. The Bertz CT molecular complexity index is 837. The summed E-state index contributed by atoms with van der Waals surface area (Å²) in [6.45, 7) is -0.793. The maximum absolute atomic E-state index is 13.4. The number of carbonyl (C=O) groups excluding carboxylic acids is 2. The van der Waals surface area contributed by atoms with Crippen LogP contribution in [0.15, 0.2) is 42.5 Å². The molecule has 0 bridgehead atoms. The van der Waals surface area contributed by atoms with Crippen molar-refractivity contribution in [2.45, 2.75) is 0 Å². The van der Waals surface area contributed by atoms with Gasteiger partial charge in [-0.2, -0.15) is 0 Å². The van der Waals surface area contributed by atoms with Crippen molar-refractivity contribution in [1.82, 2.24) is 0 Å². The molecular formula is C17H11F4NO3. The van der Waals surface area contributed by atoms with Gasteiger partial charge >= 0.3 is 5.97 Å². The number of benzene rings is 2. The fraction of sp³-hybridized carbons (Fsp3) is 0.0588. The maximum atomic E-state index is 13.4. The summed E-state index contributed by atoms with van der Waals surface area (Å²) in [5, 5.41) is 1.93. The number of ether oxygens (including phenoxy) is 1. The molecule has 0 atom stereocenters. The van der Waals surface area contributed by atoms with Gasteiger partial charge in [0, 0.05) is 11.6 Å². The molecule has 1 N–H and O–H groups in total. The van der Waals surface area contributed by atoms with Crippen LogP contribution >= 0.6 is 0 Å². The van der Waals surface area contributed by atoms with Gasteiger partial charge in [0.15, 0.2) is 24.1 Å². The summed E-state index contributed by atoms with van der Waals surface area (Å²) in [7, 11) is 0. The molecular weight excluding hydrogens is 342 g/mol. The number of hydrogen-bond donors (Lipinski definition) is 1. The highest BCUT2D eigenvalue weighted by molar-refractivity contribution is 5.94. The fourth-order valence-corrected chi connectivity index (χ4v) is 1.76. The van der Waals surface area contributed by atoms with Crippen LogP contribution in [0.2, 0.25) is 0 Å². The van der Waals surface area contributed by atoms with Gasteiger partial charge in [-0.15, -0.1) is 0 Å². The Kier molecular flexibility index (Phi) is 5.89. The largest absolute Gasteiger partial charge is 0.452 e. The lowest BCUT2D eigenvalue weighted by Crippen LogP contribution is -2.21. The molecule has 0 unspecified atom stereocenters. The Morgan fingerprint density at radius 2 is 1.68 bits per heavy atom. The zero-order chi connectivity index (χ0) is 18.4. The first-order valence-electron chi connectivity index (χ1n) is 6.91. The number of anilines is 1. The van der Waals surface area contributed by atoms with Crippen LogP contribution in [-0.4, -0.2) is 18.5 Å². The van der Waals surface area contributed by atoms with Crippen molar-refractivity contribution in [2.75, 3.05) is 11.9 Å². The predicted octanol–water partition coefficient (Wildman–Crippen LogP) is 3.44. The average Bonchev–Trinajstić information content (AvgIpc) is 2.60. The standard InChI is InChI=1S/C17H11F4NO3/c18-11-4-2-1-3-10(11)5-8-15(24)25-9-14(23)22-13-7-6-12(19)16(20)17(13)21/h1-8H,9H2,(H,22,23)/b8-5+. The summed E-state index contributed by atoms with van der Waals surface area (Å²) in [5.74, 6) is -7.15. The van der Waals surface area contributed by atoms with Gasteiger partial charge < -0.3 is 10.1 Å². The van der Waals surface area contributed by atoms with Crippen LogP contribution in [0.5, 0.6) is 0 Å². The van der Waals surface area contributed by atoms with E-state index in [1.165, 1.54) is 18.2 Å². The molecule has 0 fully saturated rings. The van der Waals surface area contributed by atoms with Gasteiger partial charge in [-0.25, -0.2) is 22.4 Å². The van der Waals surface area contributed by atoms with E-state index in [1.807, 2.05) is 5.32 Å². The van der Waals surface area contributed by atoms with E-state index < -0.39 is 47.4 Å². The van der Waals surface area contributed by atoms with E-state index in [4.69, 9.17) is 0 Å². The molecule has 25 heavy (non-hydrogen) atoms. The number of esters is 1. The highest BCUT2D eigenvalue weighted by Gasteiger charge is 2.15. The highest BCUT2D eigenvalue weighted by Crippen LogP contribution is 2.19. The minimum absolute atomic E-state index is 0.146. The number of amides is 1. The van der Waals surface area contributed by atoms with Crippen LogP contribution in [0.3, 0.4) is 0 Å². The summed E-state index contributed by atoms with van der Waals surface area (Å²) in [4.78, 5) is 23.0. The third kappa shape index (κ3) is 4.90. The van der Waals surface area contributed by atoms with E-state index in [2.05, 4.69) is 4.74 Å². The zero-order valence-electron chi connectivity index (χ0n) is 12.6. The third-order valence-corrected chi connectivity index (χ3v) is 2.96. The average molecular weight is 353 g/mol. The minimum atomic E-state index is -1.73. The van der Waals surface area contributed by atoms with Gasteiger partial charge in [-0.05, 0) is 24.3 Å². The summed E-state index contributed by atoms with van der Waals surface area (Å²) in [6.07, 6.45) is 2.06. The van der Waals surface area contributed by atoms with Crippen molar-refractivity contribution in [1.29, 1.82) is 0 Å². The summed E-state index contributed by atoms with van der Waals surface area (Å²) in [6, 6.07) is 7.14. The first kappa shape index (κ1) is 18.2. The first-order chi connectivity index (χ1) is 11.9. The van der Waals surface area contributed by atoms with E-state index >= 15 is 0 Å². The van der Waals surface area contributed by atoms with Gasteiger partial charge in [0.2, 0.25) is 0 Å². The molecule has 0 heterocycles. The molecule has 2 aromatic carbocycles. The first-order valence-corrected chi connectivity index (χ1v) is 6.91. The maximum Gasteiger partial charge on any atom is 0.331 e. The van der Waals surface area contributed by atoms with E-state index in [-0.39, 0.29) is 5.56 Å². The molecule has 2 rings (SSSR count). The van der Waals surface area contributed by atoms with Crippen molar-refractivity contribution in [2.24, 2.45) is 0 Å². The molecule has 0 aliphatic rings. The number of halogens is 4. The quantitative estimate of drug-likeness (QED) is 0.388. The lowest BCUT2D eigenvalue weighted by Gasteiger charge is -2.07. The van der Waals surface area contributed by atoms with Crippen molar-refractivity contribution in [3.05, 3.63) is 71.3 Å². The van der Waals surface area contributed by atoms with Crippen LogP contribution < -0.4 is 5.32 Å². The lowest BCUT2D eigenvalue weighted by molar-refractivity contribution is -0.142. The molecule has 4 nitrogen and oxygen atoms in total. The molecule has 1 amide bonds.